The van der Waals surface area contributed by atoms with Crippen LogP contribution < -0.4 is 10.6 Å². The van der Waals surface area contributed by atoms with E-state index in [0.717, 1.165) is 12.0 Å². The molecule has 0 saturated carbocycles. The molecule has 0 spiro atoms. The highest BCUT2D eigenvalue weighted by Crippen LogP contribution is 2.23. The lowest BCUT2D eigenvalue weighted by molar-refractivity contribution is -0.136. The molecule has 0 bridgehead atoms. The summed E-state index contributed by atoms with van der Waals surface area (Å²) < 4.78 is 25.7. The molecule has 1 saturated heterocycles. The number of carbonyl (C=O) groups excluding carboxylic acids is 1. The summed E-state index contributed by atoms with van der Waals surface area (Å²) in [4.78, 5) is 12.6. The number of hydrogen-bond donors (Lipinski definition) is 2. The molecule has 1 aliphatic rings. The van der Waals surface area contributed by atoms with Crippen LogP contribution in [0.5, 0.6) is 0 Å². The zero-order valence-electron chi connectivity index (χ0n) is 17.8. The lowest BCUT2D eigenvalue weighted by Gasteiger charge is -2.25. The molecule has 1 fully saturated rings. The number of nitrogens with zero attached hydrogens (tertiary/aromatic N) is 2. The Morgan fingerprint density at radius 1 is 1.28 bits per heavy atom. The Morgan fingerprint density at radius 3 is 2.69 bits per heavy atom. The zero-order valence-corrected chi connectivity index (χ0v) is 17.8. The summed E-state index contributed by atoms with van der Waals surface area (Å²) in [7, 11) is 1.59. The average molecular weight is 436 g/mol. The maximum absolute atomic E-state index is 14.7. The first kappa shape index (κ1) is 23.4. The van der Waals surface area contributed by atoms with Gasteiger partial charge in [0.2, 0.25) is 0 Å². The molecule has 8 heteroatoms. The van der Waals surface area contributed by atoms with Crippen molar-refractivity contribution in [3.8, 4) is 23.3 Å². The summed E-state index contributed by atoms with van der Waals surface area (Å²) >= 11 is 0. The van der Waals surface area contributed by atoms with E-state index in [2.05, 4.69) is 10.6 Å². The molecule has 3 rings (SSSR count). The van der Waals surface area contributed by atoms with Gasteiger partial charge in [0, 0.05) is 20.1 Å². The number of benzene rings is 2. The SMILES string of the molecule is CO[C@@H]1CCNC[C@@H](C(=O)N[C@H](C#N)Cc2ccc(-c3ccc(C#N)cc3)cc2F)OC1. The van der Waals surface area contributed by atoms with E-state index < -0.39 is 23.9 Å². The Labute approximate surface area is 186 Å². The third-order valence-corrected chi connectivity index (χ3v) is 5.38. The van der Waals surface area contributed by atoms with Gasteiger partial charge in [-0.3, -0.25) is 4.79 Å². The van der Waals surface area contributed by atoms with Gasteiger partial charge in [0.05, 0.1) is 30.4 Å². The van der Waals surface area contributed by atoms with Crippen LogP contribution in [-0.2, 0) is 20.7 Å². The van der Waals surface area contributed by atoms with E-state index >= 15 is 0 Å². The normalized spacial score (nSPS) is 19.6. The molecule has 2 N–H and O–H groups in total. The van der Waals surface area contributed by atoms with Crippen molar-refractivity contribution in [2.75, 3.05) is 26.8 Å². The lowest BCUT2D eigenvalue weighted by atomic mass is 9.99. The molecule has 166 valence electrons. The fourth-order valence-corrected chi connectivity index (χ4v) is 3.46. The number of methoxy groups -OCH3 is 1. The van der Waals surface area contributed by atoms with Gasteiger partial charge in [-0.1, -0.05) is 24.3 Å². The summed E-state index contributed by atoms with van der Waals surface area (Å²) in [5.41, 5.74) is 2.29. The first-order chi connectivity index (χ1) is 15.5. The number of carbonyl (C=O) groups is 1. The summed E-state index contributed by atoms with van der Waals surface area (Å²) in [5, 5.41) is 24.2. The molecular weight excluding hydrogens is 411 g/mol. The highest BCUT2D eigenvalue weighted by molar-refractivity contribution is 5.81. The van der Waals surface area contributed by atoms with E-state index in [1.165, 1.54) is 6.07 Å². The van der Waals surface area contributed by atoms with E-state index in [1.807, 2.05) is 12.1 Å². The van der Waals surface area contributed by atoms with Crippen LogP contribution in [0.2, 0.25) is 0 Å². The van der Waals surface area contributed by atoms with Crippen LogP contribution in [0.1, 0.15) is 17.5 Å². The maximum Gasteiger partial charge on any atom is 0.251 e. The molecule has 0 aromatic heterocycles. The van der Waals surface area contributed by atoms with E-state index in [9.17, 15) is 14.4 Å². The monoisotopic (exact) mass is 436 g/mol. The van der Waals surface area contributed by atoms with Gasteiger partial charge in [-0.25, -0.2) is 4.39 Å². The fourth-order valence-electron chi connectivity index (χ4n) is 3.46. The van der Waals surface area contributed by atoms with Crippen LogP contribution >= 0.6 is 0 Å². The van der Waals surface area contributed by atoms with Gasteiger partial charge in [0.1, 0.15) is 18.0 Å². The third-order valence-electron chi connectivity index (χ3n) is 5.38. The number of amides is 1. The summed E-state index contributed by atoms with van der Waals surface area (Å²) in [5.74, 6) is -0.886. The van der Waals surface area contributed by atoms with Crippen molar-refractivity contribution in [3.05, 3.63) is 59.4 Å². The van der Waals surface area contributed by atoms with Crippen LogP contribution in [0.4, 0.5) is 4.39 Å². The molecule has 1 amide bonds. The van der Waals surface area contributed by atoms with Crippen molar-refractivity contribution < 1.29 is 18.7 Å². The van der Waals surface area contributed by atoms with Crippen molar-refractivity contribution in [2.24, 2.45) is 0 Å². The summed E-state index contributed by atoms with van der Waals surface area (Å²) in [6.45, 7) is 1.32. The Bertz CT molecular complexity index is 1010. The molecule has 0 aliphatic carbocycles. The first-order valence-electron chi connectivity index (χ1n) is 10.4. The van der Waals surface area contributed by atoms with Crippen molar-refractivity contribution in [1.82, 2.24) is 10.6 Å². The minimum atomic E-state index is -0.898. The van der Waals surface area contributed by atoms with Crippen LogP contribution in [-0.4, -0.2) is 51.0 Å². The number of hydrogen-bond acceptors (Lipinski definition) is 6. The van der Waals surface area contributed by atoms with Crippen LogP contribution in [0.25, 0.3) is 11.1 Å². The molecule has 1 heterocycles. The Morgan fingerprint density at radius 2 is 2.03 bits per heavy atom. The molecule has 0 unspecified atom stereocenters. The summed E-state index contributed by atoms with van der Waals surface area (Å²) in [6, 6.07) is 14.8. The molecule has 32 heavy (non-hydrogen) atoms. The van der Waals surface area contributed by atoms with Gasteiger partial charge in [0.25, 0.3) is 5.91 Å². The minimum Gasteiger partial charge on any atom is -0.379 e. The Kier molecular flexibility index (Phi) is 8.29. The molecule has 7 nitrogen and oxygen atoms in total. The molecular formula is C24H25FN4O3. The van der Waals surface area contributed by atoms with Crippen LogP contribution in [0.15, 0.2) is 42.5 Å². The molecule has 2 aromatic carbocycles. The van der Waals surface area contributed by atoms with E-state index in [0.29, 0.717) is 36.4 Å². The van der Waals surface area contributed by atoms with Crippen molar-refractivity contribution in [1.29, 1.82) is 10.5 Å². The lowest BCUT2D eigenvalue weighted by Crippen LogP contribution is -2.49. The average Bonchev–Trinajstić information content (AvgIpc) is 2.80. The third kappa shape index (κ3) is 6.12. The number of nitrogens with one attached hydrogen (secondary N) is 2. The summed E-state index contributed by atoms with van der Waals surface area (Å²) in [6.07, 6.45) is -0.0487. The largest absolute Gasteiger partial charge is 0.379 e. The van der Waals surface area contributed by atoms with Gasteiger partial charge in [-0.05, 0) is 47.9 Å². The highest BCUT2D eigenvalue weighted by atomic mass is 19.1. The predicted molar refractivity (Wildman–Crippen MR) is 116 cm³/mol. The van der Waals surface area contributed by atoms with Gasteiger partial charge >= 0.3 is 0 Å². The van der Waals surface area contributed by atoms with E-state index in [-0.39, 0.29) is 12.5 Å². The first-order valence-corrected chi connectivity index (χ1v) is 10.4. The molecule has 1 aliphatic heterocycles. The minimum absolute atomic E-state index is 0.0303. The predicted octanol–water partition coefficient (Wildman–Crippen LogP) is 2.31. The maximum atomic E-state index is 14.7. The van der Waals surface area contributed by atoms with Crippen molar-refractivity contribution in [3.63, 3.8) is 0 Å². The van der Waals surface area contributed by atoms with Crippen LogP contribution in [0, 0.1) is 28.5 Å². The Hall–Kier alpha value is -3.30. The zero-order chi connectivity index (χ0) is 22.9. The standard InChI is InChI=1S/C24H25FN4O3/c1-31-21-8-9-28-14-23(32-15-21)24(30)29-20(13-27)10-19-7-6-18(11-22(19)25)17-4-2-16(12-26)3-5-17/h2-7,11,20-21,23,28H,8-10,14-15H2,1H3,(H,29,30)/t20-,21+,23-/m0/s1. The molecule has 2 aromatic rings. The Balaban J connectivity index is 1.63. The topological polar surface area (TPSA) is 107 Å². The van der Waals surface area contributed by atoms with E-state index in [4.69, 9.17) is 14.7 Å². The van der Waals surface area contributed by atoms with Crippen LogP contribution in [0.3, 0.4) is 0 Å². The molecule has 0 radical (unpaired) electrons. The molecule has 3 atom stereocenters. The van der Waals surface area contributed by atoms with Crippen molar-refractivity contribution in [2.45, 2.75) is 31.1 Å². The van der Waals surface area contributed by atoms with E-state index in [1.54, 1.807) is 43.5 Å². The fraction of sp³-hybridized carbons (Fsp3) is 0.375. The number of halogens is 1. The highest BCUT2D eigenvalue weighted by Gasteiger charge is 2.25. The van der Waals surface area contributed by atoms with Gasteiger partial charge in [-0.2, -0.15) is 10.5 Å². The smallest absolute Gasteiger partial charge is 0.251 e. The van der Waals surface area contributed by atoms with Gasteiger partial charge < -0.3 is 20.1 Å². The van der Waals surface area contributed by atoms with Crippen molar-refractivity contribution >= 4 is 5.91 Å². The second-order valence-electron chi connectivity index (χ2n) is 7.56. The number of nitriles is 2. The number of ether oxygens (including phenoxy) is 2. The van der Waals surface area contributed by atoms with Gasteiger partial charge in [-0.15, -0.1) is 0 Å². The second kappa shape index (κ2) is 11.4. The second-order valence-corrected chi connectivity index (χ2v) is 7.56. The quantitative estimate of drug-likeness (QED) is 0.720. The van der Waals surface area contributed by atoms with Gasteiger partial charge in [0.15, 0.2) is 0 Å². The number of rotatable bonds is 6.